The highest BCUT2D eigenvalue weighted by Crippen LogP contribution is 2.40. The topological polar surface area (TPSA) is 85.3 Å². The number of amides is 1. The highest BCUT2D eigenvalue weighted by Gasteiger charge is 2.34. The average Bonchev–Trinajstić information content (AvgIpc) is 3.00. The van der Waals surface area contributed by atoms with Crippen LogP contribution in [0.3, 0.4) is 0 Å². The third-order valence-corrected chi connectivity index (χ3v) is 5.44. The maximum absolute atomic E-state index is 13.0. The van der Waals surface area contributed by atoms with E-state index in [4.69, 9.17) is 31.5 Å². The minimum atomic E-state index is -1.08. The van der Waals surface area contributed by atoms with Crippen molar-refractivity contribution in [2.75, 3.05) is 24.7 Å². The zero-order valence-electron chi connectivity index (χ0n) is 15.0. The molecule has 0 saturated carbocycles. The summed E-state index contributed by atoms with van der Waals surface area (Å²) in [6.07, 6.45) is 1.65. The molecule has 4 rings (SSSR count). The molecule has 2 heterocycles. The summed E-state index contributed by atoms with van der Waals surface area (Å²) in [7, 11) is 0. The number of thiocarbonyl (C=S) groups is 1. The fraction of sp³-hybridized carbons (Fsp3) is 0.150. The molecule has 1 fully saturated rings. The lowest BCUT2D eigenvalue weighted by Crippen LogP contribution is -2.27. The molecule has 7 nitrogen and oxygen atoms in total. The summed E-state index contributed by atoms with van der Waals surface area (Å²) in [6.45, 7) is 0.463. The minimum absolute atomic E-state index is 0.273. The molecule has 9 heteroatoms. The van der Waals surface area contributed by atoms with Crippen LogP contribution in [0.25, 0.3) is 6.08 Å². The van der Waals surface area contributed by atoms with Crippen molar-refractivity contribution in [2.45, 2.75) is 0 Å². The van der Waals surface area contributed by atoms with Crippen LogP contribution in [0.4, 0.5) is 5.69 Å². The zero-order valence-corrected chi connectivity index (χ0v) is 16.6. The van der Waals surface area contributed by atoms with Crippen LogP contribution in [-0.2, 0) is 9.59 Å². The number of carbonyl (C=O) groups excluding carboxylic acids is 1. The van der Waals surface area contributed by atoms with Gasteiger partial charge in [-0.1, -0.05) is 42.2 Å². The number of anilines is 1. The molecule has 1 amide bonds. The van der Waals surface area contributed by atoms with Crippen molar-refractivity contribution in [3.8, 4) is 17.2 Å². The standard InChI is InChI=1S/C20H15NO6S2/c22-18(23)11-27-14-4-2-1-3-12(14)9-17-19(24)21(20(28)29-17)13-5-6-15-16(10-13)26-8-7-25-15/h1-6,9-10H,7-8,11H2,(H,22,23). The van der Waals surface area contributed by atoms with Crippen LogP contribution in [0.15, 0.2) is 47.4 Å². The number of carbonyl (C=O) groups is 2. The zero-order chi connectivity index (χ0) is 20.4. The Bertz CT molecular complexity index is 1040. The van der Waals surface area contributed by atoms with Crippen molar-refractivity contribution in [1.29, 1.82) is 0 Å². The summed E-state index contributed by atoms with van der Waals surface area (Å²) in [5.41, 5.74) is 1.19. The van der Waals surface area contributed by atoms with Gasteiger partial charge in [0, 0.05) is 11.6 Å². The van der Waals surface area contributed by atoms with E-state index in [1.165, 1.54) is 16.7 Å². The molecule has 0 spiro atoms. The Kier molecular flexibility index (Phi) is 5.41. The molecule has 29 heavy (non-hydrogen) atoms. The molecule has 0 radical (unpaired) electrons. The van der Waals surface area contributed by atoms with Crippen molar-refractivity contribution in [2.24, 2.45) is 0 Å². The van der Waals surface area contributed by atoms with Crippen molar-refractivity contribution < 1.29 is 28.9 Å². The Labute approximate surface area is 175 Å². The Morgan fingerprint density at radius 1 is 1.21 bits per heavy atom. The molecule has 2 aliphatic heterocycles. The molecule has 0 bridgehead atoms. The normalized spacial score (nSPS) is 17.0. The molecule has 148 valence electrons. The summed E-state index contributed by atoms with van der Waals surface area (Å²) < 4.78 is 16.8. The Hall–Kier alpha value is -3.04. The van der Waals surface area contributed by atoms with Gasteiger partial charge >= 0.3 is 5.97 Å². The van der Waals surface area contributed by atoms with Crippen molar-refractivity contribution in [3.05, 3.63) is 52.9 Å². The first kappa shape index (κ1) is 19.3. The Morgan fingerprint density at radius 2 is 1.97 bits per heavy atom. The predicted molar refractivity (Wildman–Crippen MR) is 113 cm³/mol. The summed E-state index contributed by atoms with van der Waals surface area (Å²) >= 11 is 6.58. The van der Waals surface area contributed by atoms with Crippen LogP contribution >= 0.6 is 24.0 Å². The number of ether oxygens (including phenoxy) is 3. The van der Waals surface area contributed by atoms with Gasteiger partial charge in [-0.05, 0) is 24.3 Å². The number of hydrogen-bond donors (Lipinski definition) is 1. The summed E-state index contributed by atoms with van der Waals surface area (Å²) in [5, 5.41) is 8.83. The van der Waals surface area contributed by atoms with Gasteiger partial charge in [0.2, 0.25) is 0 Å². The lowest BCUT2D eigenvalue weighted by Gasteiger charge is -2.21. The summed E-state index contributed by atoms with van der Waals surface area (Å²) in [6, 6.07) is 12.1. The van der Waals surface area contributed by atoms with Gasteiger partial charge in [-0.15, -0.1) is 0 Å². The Morgan fingerprint density at radius 3 is 2.76 bits per heavy atom. The highest BCUT2D eigenvalue weighted by molar-refractivity contribution is 8.27. The number of rotatable bonds is 5. The van der Waals surface area contributed by atoms with Gasteiger partial charge in [-0.3, -0.25) is 9.69 Å². The first-order chi connectivity index (χ1) is 14.0. The van der Waals surface area contributed by atoms with Crippen molar-refractivity contribution >= 4 is 51.9 Å². The second-order valence-electron chi connectivity index (χ2n) is 6.07. The second kappa shape index (κ2) is 8.14. The summed E-state index contributed by atoms with van der Waals surface area (Å²) in [5.74, 6) is 0.221. The van der Waals surface area contributed by atoms with E-state index in [-0.39, 0.29) is 5.91 Å². The molecular formula is C20H15NO6S2. The van der Waals surface area contributed by atoms with Gasteiger partial charge in [0.15, 0.2) is 22.4 Å². The van der Waals surface area contributed by atoms with E-state index in [1.807, 2.05) is 0 Å². The number of fused-ring (bicyclic) bond motifs is 1. The number of carboxylic acids is 1. The highest BCUT2D eigenvalue weighted by atomic mass is 32.2. The Balaban J connectivity index is 1.61. The van der Waals surface area contributed by atoms with E-state index in [0.29, 0.717) is 50.9 Å². The van der Waals surface area contributed by atoms with Crippen molar-refractivity contribution in [1.82, 2.24) is 0 Å². The molecule has 0 aromatic heterocycles. The number of hydrogen-bond acceptors (Lipinski definition) is 7. The van der Waals surface area contributed by atoms with E-state index >= 15 is 0 Å². The van der Waals surface area contributed by atoms with Crippen LogP contribution < -0.4 is 19.1 Å². The monoisotopic (exact) mass is 429 g/mol. The van der Waals surface area contributed by atoms with E-state index < -0.39 is 12.6 Å². The van der Waals surface area contributed by atoms with E-state index in [0.717, 1.165) is 0 Å². The number of thioether (sulfide) groups is 1. The quantitative estimate of drug-likeness (QED) is 0.572. The fourth-order valence-corrected chi connectivity index (χ4v) is 4.16. The number of aliphatic carboxylic acids is 1. The van der Waals surface area contributed by atoms with E-state index in [1.54, 1.807) is 48.5 Å². The second-order valence-corrected chi connectivity index (χ2v) is 7.74. The van der Waals surface area contributed by atoms with Gasteiger partial charge in [-0.25, -0.2) is 4.79 Å². The first-order valence-corrected chi connectivity index (χ1v) is 9.86. The van der Waals surface area contributed by atoms with Gasteiger partial charge in [-0.2, -0.15) is 0 Å². The van der Waals surface area contributed by atoms with Gasteiger partial charge in [0.25, 0.3) is 5.91 Å². The third-order valence-electron chi connectivity index (χ3n) is 4.13. The molecule has 2 aliphatic rings. The van der Waals surface area contributed by atoms with Gasteiger partial charge in [0.05, 0.1) is 10.6 Å². The SMILES string of the molecule is O=C(O)COc1ccccc1C=C1SC(=S)N(c2ccc3c(c2)OCCO3)C1=O. The smallest absolute Gasteiger partial charge is 0.341 e. The molecule has 2 aromatic carbocycles. The molecular weight excluding hydrogens is 414 g/mol. The van der Waals surface area contributed by atoms with E-state index in [2.05, 4.69) is 0 Å². The lowest BCUT2D eigenvalue weighted by atomic mass is 10.2. The molecule has 1 saturated heterocycles. The fourth-order valence-electron chi connectivity index (χ4n) is 2.87. The van der Waals surface area contributed by atoms with Crippen LogP contribution in [0.2, 0.25) is 0 Å². The molecule has 0 unspecified atom stereocenters. The van der Waals surface area contributed by atoms with Gasteiger partial charge < -0.3 is 19.3 Å². The molecule has 0 aliphatic carbocycles. The maximum atomic E-state index is 13.0. The van der Waals surface area contributed by atoms with Crippen LogP contribution in [0, 0.1) is 0 Å². The van der Waals surface area contributed by atoms with Gasteiger partial charge in [0.1, 0.15) is 19.0 Å². The summed E-state index contributed by atoms with van der Waals surface area (Å²) in [4.78, 5) is 25.6. The van der Waals surface area contributed by atoms with Crippen molar-refractivity contribution in [3.63, 3.8) is 0 Å². The minimum Gasteiger partial charge on any atom is -0.486 e. The predicted octanol–water partition coefficient (Wildman–Crippen LogP) is 3.33. The maximum Gasteiger partial charge on any atom is 0.341 e. The largest absolute Gasteiger partial charge is 0.486 e. The first-order valence-electron chi connectivity index (χ1n) is 8.64. The molecule has 1 N–H and O–H groups in total. The molecule has 2 aromatic rings. The average molecular weight is 429 g/mol. The third kappa shape index (κ3) is 4.06. The van der Waals surface area contributed by atoms with Crippen LogP contribution in [-0.4, -0.2) is 41.1 Å². The lowest BCUT2D eigenvalue weighted by molar-refractivity contribution is -0.139. The van der Waals surface area contributed by atoms with E-state index in [9.17, 15) is 9.59 Å². The number of nitrogens with zero attached hydrogens (tertiary/aromatic N) is 1. The number of carboxylic acid groups (broad SMARTS) is 1. The molecule has 0 atom stereocenters. The number of benzene rings is 2. The number of para-hydroxylation sites is 1. The van der Waals surface area contributed by atoms with Crippen LogP contribution in [0.5, 0.6) is 17.2 Å². The van der Waals surface area contributed by atoms with Crippen LogP contribution in [0.1, 0.15) is 5.56 Å².